The van der Waals surface area contributed by atoms with Gasteiger partial charge in [-0.3, -0.25) is 9.59 Å². The number of halogens is 2. The summed E-state index contributed by atoms with van der Waals surface area (Å²) < 4.78 is 0.400. The van der Waals surface area contributed by atoms with Gasteiger partial charge in [-0.1, -0.05) is 0 Å². The van der Waals surface area contributed by atoms with Crippen molar-refractivity contribution < 1.29 is 4.79 Å². The third kappa shape index (κ3) is 3.33. The van der Waals surface area contributed by atoms with Crippen molar-refractivity contribution in [2.75, 3.05) is 26.2 Å². The molecule has 21 heavy (non-hydrogen) atoms. The van der Waals surface area contributed by atoms with Gasteiger partial charge in [0.05, 0.1) is 10.0 Å². The number of hydrogen-bond acceptors (Lipinski definition) is 3. The first-order valence-electron chi connectivity index (χ1n) is 6.98. The van der Waals surface area contributed by atoms with Gasteiger partial charge in [0.2, 0.25) is 0 Å². The molecular weight excluding hydrogens is 358 g/mol. The van der Waals surface area contributed by atoms with E-state index in [9.17, 15) is 9.59 Å². The second-order valence-corrected chi connectivity index (χ2v) is 6.64. The molecule has 1 aromatic rings. The molecule has 2 fully saturated rings. The number of rotatable bonds is 1. The first-order chi connectivity index (χ1) is 9.60. The number of H-pyrrole nitrogens is 1. The summed E-state index contributed by atoms with van der Waals surface area (Å²) in [6.45, 7) is 3.79. The number of likely N-dealkylation sites (tertiary alicyclic amines) is 1. The number of piperidine rings is 1. The molecule has 3 rings (SSSR count). The Morgan fingerprint density at radius 2 is 2.00 bits per heavy atom. The Morgan fingerprint density at radius 1 is 1.29 bits per heavy atom. The highest BCUT2D eigenvalue weighted by Crippen LogP contribution is 2.37. The van der Waals surface area contributed by atoms with Crippen molar-refractivity contribution in [3.05, 3.63) is 32.7 Å². The lowest BCUT2D eigenvalue weighted by molar-refractivity contribution is 0.0607. The van der Waals surface area contributed by atoms with Crippen molar-refractivity contribution in [1.29, 1.82) is 0 Å². The minimum atomic E-state index is -0.212. The standard InChI is InChI=1S/C14H18BrN3O2.ClH/c15-11-7-10(8-17-12(11)19)13(20)18-5-2-14(3-6-18)1-4-16-9-14;/h7-8,16H,1-6,9H2,(H,17,19);1H. The Morgan fingerprint density at radius 3 is 2.57 bits per heavy atom. The van der Waals surface area contributed by atoms with Gasteiger partial charge in [0.25, 0.3) is 11.5 Å². The van der Waals surface area contributed by atoms with Crippen LogP contribution < -0.4 is 10.9 Å². The van der Waals surface area contributed by atoms with Gasteiger partial charge in [-0.2, -0.15) is 0 Å². The van der Waals surface area contributed by atoms with Gasteiger partial charge in [0, 0.05) is 25.8 Å². The number of carbonyl (C=O) groups is 1. The van der Waals surface area contributed by atoms with Gasteiger partial charge < -0.3 is 15.2 Å². The van der Waals surface area contributed by atoms with Crippen molar-refractivity contribution >= 4 is 34.2 Å². The van der Waals surface area contributed by atoms with E-state index in [1.54, 1.807) is 6.07 Å². The second-order valence-electron chi connectivity index (χ2n) is 5.78. The number of aromatic nitrogens is 1. The van der Waals surface area contributed by atoms with Gasteiger partial charge in [-0.15, -0.1) is 12.4 Å². The molecule has 1 aromatic heterocycles. The van der Waals surface area contributed by atoms with E-state index in [1.807, 2.05) is 4.90 Å². The Balaban J connectivity index is 0.00000161. The highest BCUT2D eigenvalue weighted by Gasteiger charge is 2.38. The Bertz CT molecular complexity index is 574. The fourth-order valence-electron chi connectivity index (χ4n) is 3.17. The molecule has 0 atom stereocenters. The lowest BCUT2D eigenvalue weighted by Gasteiger charge is -2.38. The number of amides is 1. The van der Waals surface area contributed by atoms with E-state index in [0.29, 0.717) is 15.5 Å². The molecular formula is C14H19BrClN3O2. The van der Waals surface area contributed by atoms with Crippen molar-refractivity contribution in [1.82, 2.24) is 15.2 Å². The van der Waals surface area contributed by atoms with E-state index in [1.165, 1.54) is 12.6 Å². The number of nitrogens with one attached hydrogen (secondary N) is 2. The fourth-order valence-corrected chi connectivity index (χ4v) is 3.53. The molecule has 3 heterocycles. The maximum Gasteiger partial charge on any atom is 0.262 e. The van der Waals surface area contributed by atoms with Crippen molar-refractivity contribution in [2.45, 2.75) is 19.3 Å². The molecule has 0 unspecified atom stereocenters. The van der Waals surface area contributed by atoms with Crippen molar-refractivity contribution in [2.24, 2.45) is 5.41 Å². The molecule has 2 saturated heterocycles. The summed E-state index contributed by atoms with van der Waals surface area (Å²) in [5.74, 6) is 0.00255. The first kappa shape index (κ1) is 16.5. The maximum atomic E-state index is 12.4. The van der Waals surface area contributed by atoms with Crippen LogP contribution in [0.15, 0.2) is 21.5 Å². The molecule has 0 aliphatic carbocycles. The lowest BCUT2D eigenvalue weighted by atomic mass is 9.78. The Kier molecular flexibility index (Phi) is 5.11. The predicted molar refractivity (Wildman–Crippen MR) is 87.1 cm³/mol. The average Bonchev–Trinajstić information content (AvgIpc) is 2.90. The molecule has 116 valence electrons. The molecule has 1 spiro atoms. The van der Waals surface area contributed by atoms with Crippen LogP contribution in [-0.2, 0) is 0 Å². The zero-order valence-corrected chi connectivity index (χ0v) is 14.1. The summed E-state index contributed by atoms with van der Waals surface area (Å²) >= 11 is 3.16. The van der Waals surface area contributed by atoms with E-state index in [0.717, 1.165) is 39.0 Å². The molecule has 0 radical (unpaired) electrons. The van der Waals surface area contributed by atoms with Crippen LogP contribution in [0.25, 0.3) is 0 Å². The van der Waals surface area contributed by atoms with Crippen molar-refractivity contribution in [3.63, 3.8) is 0 Å². The molecule has 0 bridgehead atoms. The van der Waals surface area contributed by atoms with E-state index in [2.05, 4.69) is 26.2 Å². The van der Waals surface area contributed by atoms with Crippen LogP contribution in [0.4, 0.5) is 0 Å². The number of carbonyl (C=O) groups excluding carboxylic acids is 1. The number of hydrogen-bond donors (Lipinski definition) is 2. The van der Waals surface area contributed by atoms with E-state index in [-0.39, 0.29) is 23.9 Å². The van der Waals surface area contributed by atoms with Crippen LogP contribution in [0.1, 0.15) is 29.6 Å². The summed E-state index contributed by atoms with van der Waals surface area (Å²) in [4.78, 5) is 28.2. The number of pyridine rings is 1. The highest BCUT2D eigenvalue weighted by atomic mass is 79.9. The van der Waals surface area contributed by atoms with Crippen LogP contribution in [-0.4, -0.2) is 42.0 Å². The number of nitrogens with zero attached hydrogens (tertiary/aromatic N) is 1. The molecule has 0 aromatic carbocycles. The lowest BCUT2D eigenvalue weighted by Crippen LogP contribution is -2.44. The zero-order valence-electron chi connectivity index (χ0n) is 11.7. The van der Waals surface area contributed by atoms with E-state index >= 15 is 0 Å². The van der Waals surface area contributed by atoms with Crippen LogP contribution in [0, 0.1) is 5.41 Å². The van der Waals surface area contributed by atoms with Gasteiger partial charge in [0.15, 0.2) is 0 Å². The van der Waals surface area contributed by atoms with Gasteiger partial charge >= 0.3 is 0 Å². The summed E-state index contributed by atoms with van der Waals surface area (Å²) in [5.41, 5.74) is 0.732. The largest absolute Gasteiger partial charge is 0.339 e. The minimum absolute atomic E-state index is 0. The van der Waals surface area contributed by atoms with Crippen LogP contribution >= 0.6 is 28.3 Å². The first-order valence-corrected chi connectivity index (χ1v) is 7.77. The average molecular weight is 377 g/mol. The normalized spacial score (nSPS) is 20.3. The zero-order chi connectivity index (χ0) is 14.2. The molecule has 2 aliphatic heterocycles. The molecule has 1 amide bonds. The van der Waals surface area contributed by atoms with Gasteiger partial charge in [0.1, 0.15) is 0 Å². The molecule has 0 saturated carbocycles. The number of aromatic amines is 1. The quantitative estimate of drug-likeness (QED) is 0.785. The molecule has 7 heteroatoms. The van der Waals surface area contributed by atoms with Crippen LogP contribution in [0.3, 0.4) is 0 Å². The monoisotopic (exact) mass is 375 g/mol. The smallest absolute Gasteiger partial charge is 0.262 e. The topological polar surface area (TPSA) is 65.2 Å². The maximum absolute atomic E-state index is 12.4. The second kappa shape index (κ2) is 6.50. The minimum Gasteiger partial charge on any atom is -0.339 e. The van der Waals surface area contributed by atoms with Crippen LogP contribution in [0.5, 0.6) is 0 Å². The Hall–Kier alpha value is -0.850. The third-order valence-corrected chi connectivity index (χ3v) is 5.14. The highest BCUT2D eigenvalue weighted by molar-refractivity contribution is 9.10. The third-order valence-electron chi connectivity index (χ3n) is 4.55. The fraction of sp³-hybridized carbons (Fsp3) is 0.571. The van der Waals surface area contributed by atoms with Gasteiger partial charge in [-0.25, -0.2) is 0 Å². The Labute approximate surface area is 138 Å². The predicted octanol–water partition coefficient (Wildman–Crippen LogP) is 1.77. The summed E-state index contributed by atoms with van der Waals surface area (Å²) in [6, 6.07) is 1.60. The molecule has 2 aliphatic rings. The molecule has 5 nitrogen and oxygen atoms in total. The summed E-state index contributed by atoms with van der Waals surface area (Å²) in [5, 5.41) is 3.42. The van der Waals surface area contributed by atoms with Crippen LogP contribution in [0.2, 0.25) is 0 Å². The van der Waals surface area contributed by atoms with E-state index in [4.69, 9.17) is 0 Å². The summed E-state index contributed by atoms with van der Waals surface area (Å²) in [6.07, 6.45) is 4.85. The summed E-state index contributed by atoms with van der Waals surface area (Å²) in [7, 11) is 0. The molecule has 2 N–H and O–H groups in total. The van der Waals surface area contributed by atoms with Crippen molar-refractivity contribution in [3.8, 4) is 0 Å². The van der Waals surface area contributed by atoms with E-state index < -0.39 is 0 Å². The van der Waals surface area contributed by atoms with Gasteiger partial charge in [-0.05, 0) is 53.2 Å². The SMILES string of the molecule is Cl.O=C(c1c[nH]c(=O)c(Br)c1)N1CCC2(CCNC2)CC1.